The van der Waals surface area contributed by atoms with E-state index in [0.29, 0.717) is 31.7 Å². The van der Waals surface area contributed by atoms with Crippen molar-refractivity contribution in [2.45, 2.75) is 79.9 Å². The van der Waals surface area contributed by atoms with Gasteiger partial charge in [-0.2, -0.15) is 13.2 Å². The maximum absolute atomic E-state index is 14.3. The highest BCUT2D eigenvalue weighted by Gasteiger charge is 2.43. The van der Waals surface area contributed by atoms with Crippen LogP contribution in [0.5, 0.6) is 0 Å². The molecule has 3 aliphatic rings. The first-order valence-corrected chi connectivity index (χ1v) is 14.3. The van der Waals surface area contributed by atoms with Crippen LogP contribution in [0.25, 0.3) is 0 Å². The molecule has 1 heterocycles. The summed E-state index contributed by atoms with van der Waals surface area (Å²) in [7, 11) is -3.50. The molecule has 3 atom stereocenters. The molecular weight excluding hydrogens is 524 g/mol. The first kappa shape index (κ1) is 26.6. The second-order valence-corrected chi connectivity index (χ2v) is 12.7. The van der Waals surface area contributed by atoms with Gasteiger partial charge >= 0.3 is 6.18 Å². The Balaban J connectivity index is 1.36. The number of amides is 2. The molecule has 6 nitrogen and oxygen atoms in total. The number of alkyl halides is 3. The lowest BCUT2D eigenvalue weighted by atomic mass is 9.99. The van der Waals surface area contributed by atoms with Gasteiger partial charge in [-0.15, -0.1) is 0 Å². The summed E-state index contributed by atoms with van der Waals surface area (Å²) in [6.45, 7) is 1.81. The summed E-state index contributed by atoms with van der Waals surface area (Å²) in [6, 6.07) is 6.72. The second kappa shape index (κ2) is 9.66. The van der Waals surface area contributed by atoms with E-state index in [4.69, 9.17) is 0 Å². The summed E-state index contributed by atoms with van der Waals surface area (Å²) in [5.41, 5.74) is -0.954. The van der Waals surface area contributed by atoms with Crippen molar-refractivity contribution in [3.05, 3.63) is 65.0 Å². The number of nitrogens with zero attached hydrogens (tertiary/aromatic N) is 1. The van der Waals surface area contributed by atoms with E-state index in [9.17, 15) is 35.6 Å². The van der Waals surface area contributed by atoms with E-state index in [2.05, 4.69) is 5.32 Å². The van der Waals surface area contributed by atoms with E-state index in [1.165, 1.54) is 35.2 Å². The average Bonchev–Trinajstić information content (AvgIpc) is 3.78. The highest BCUT2D eigenvalue weighted by molar-refractivity contribution is 7.92. The van der Waals surface area contributed by atoms with Crippen LogP contribution in [0, 0.1) is 11.7 Å². The first-order chi connectivity index (χ1) is 17.9. The zero-order valence-electron chi connectivity index (χ0n) is 20.7. The molecule has 3 fully saturated rings. The van der Waals surface area contributed by atoms with E-state index in [1.807, 2.05) is 0 Å². The molecule has 0 aromatic heterocycles. The fourth-order valence-corrected chi connectivity index (χ4v) is 6.92. The number of likely N-dealkylation sites (tertiary alicyclic amines) is 1. The van der Waals surface area contributed by atoms with Crippen LogP contribution < -0.4 is 5.32 Å². The van der Waals surface area contributed by atoms with Crippen LogP contribution in [0.15, 0.2) is 47.4 Å². The number of carbonyl (C=O) groups excluding carboxylic acids is 2. The molecule has 2 aliphatic carbocycles. The van der Waals surface area contributed by atoms with Crippen molar-refractivity contribution in [1.29, 1.82) is 0 Å². The maximum Gasteiger partial charge on any atom is 0.419 e. The highest BCUT2D eigenvalue weighted by Crippen LogP contribution is 2.43. The van der Waals surface area contributed by atoms with E-state index in [-0.39, 0.29) is 28.0 Å². The van der Waals surface area contributed by atoms with Crippen molar-refractivity contribution >= 4 is 21.7 Å². The summed E-state index contributed by atoms with van der Waals surface area (Å²) >= 11 is 0. The van der Waals surface area contributed by atoms with Gasteiger partial charge in [0.25, 0.3) is 5.91 Å². The Labute approximate surface area is 218 Å². The standard InChI is InChI=1S/C27H28F4N2O4S/c1-15-5-12-23(33(15)26(35)18-3-2-4-20(13-18)38(36,37)19-9-10-19)25(34)32-24(16-6-7-16)17-8-11-21(22(28)14-17)27(29,30)31/h2-4,8,11,13-16,19,23-24H,5-7,9-10,12H2,1H3,(H,32,34)/t15-,23-,24-/m1/s1. The van der Waals surface area contributed by atoms with Crippen LogP contribution in [-0.2, 0) is 20.8 Å². The largest absolute Gasteiger partial charge is 0.419 e. The fourth-order valence-electron chi connectivity index (χ4n) is 5.22. The Bertz CT molecular complexity index is 1370. The average molecular weight is 553 g/mol. The van der Waals surface area contributed by atoms with Gasteiger partial charge in [-0.3, -0.25) is 9.59 Å². The molecule has 5 rings (SSSR count). The first-order valence-electron chi connectivity index (χ1n) is 12.7. The molecule has 2 aromatic carbocycles. The molecule has 1 aliphatic heterocycles. The number of sulfone groups is 1. The summed E-state index contributed by atoms with van der Waals surface area (Å²) in [6.07, 6.45) is -1.24. The van der Waals surface area contributed by atoms with Gasteiger partial charge in [0.2, 0.25) is 5.91 Å². The van der Waals surface area contributed by atoms with Gasteiger partial charge in [0.1, 0.15) is 11.9 Å². The number of carbonyl (C=O) groups is 2. The molecule has 38 heavy (non-hydrogen) atoms. The molecule has 1 N–H and O–H groups in total. The topological polar surface area (TPSA) is 83.6 Å². The Morgan fingerprint density at radius 2 is 1.71 bits per heavy atom. The van der Waals surface area contributed by atoms with E-state index < -0.39 is 56.5 Å². The zero-order chi connectivity index (χ0) is 27.4. The van der Waals surface area contributed by atoms with Crippen LogP contribution >= 0.6 is 0 Å². The van der Waals surface area contributed by atoms with Crippen molar-refractivity contribution in [3.8, 4) is 0 Å². The van der Waals surface area contributed by atoms with Crippen molar-refractivity contribution in [1.82, 2.24) is 10.2 Å². The van der Waals surface area contributed by atoms with Crippen LogP contribution in [0.4, 0.5) is 17.6 Å². The van der Waals surface area contributed by atoms with Gasteiger partial charge in [-0.1, -0.05) is 12.1 Å². The summed E-state index contributed by atoms with van der Waals surface area (Å²) in [5.74, 6) is -2.38. The normalized spacial score (nSPS) is 22.8. The van der Waals surface area contributed by atoms with Gasteiger partial charge < -0.3 is 10.2 Å². The van der Waals surface area contributed by atoms with Crippen molar-refractivity contribution in [2.75, 3.05) is 0 Å². The lowest BCUT2D eigenvalue weighted by molar-refractivity contribution is -0.140. The Hall–Kier alpha value is -2.95. The van der Waals surface area contributed by atoms with Crippen molar-refractivity contribution in [2.24, 2.45) is 5.92 Å². The van der Waals surface area contributed by atoms with Crippen molar-refractivity contribution in [3.63, 3.8) is 0 Å². The minimum atomic E-state index is -4.82. The molecular formula is C27H28F4N2O4S. The van der Waals surface area contributed by atoms with Gasteiger partial charge in [0, 0.05) is 11.6 Å². The third-order valence-corrected chi connectivity index (χ3v) is 9.89. The molecule has 0 radical (unpaired) electrons. The van der Waals surface area contributed by atoms with Crippen LogP contribution in [0.2, 0.25) is 0 Å². The molecule has 2 amide bonds. The SMILES string of the molecule is C[C@@H]1CC[C@H](C(=O)N[C@@H](c2ccc(C(F)(F)F)c(F)c2)C2CC2)N1C(=O)c1cccc(S(=O)(=O)C2CC2)c1. The number of benzene rings is 2. The number of hydrogen-bond acceptors (Lipinski definition) is 4. The van der Waals surface area contributed by atoms with E-state index >= 15 is 0 Å². The number of halogens is 4. The molecule has 2 aromatic rings. The van der Waals surface area contributed by atoms with Gasteiger partial charge in [-0.25, -0.2) is 12.8 Å². The molecule has 11 heteroatoms. The van der Waals surface area contributed by atoms with E-state index in [1.54, 1.807) is 6.92 Å². The third-order valence-electron chi connectivity index (χ3n) is 7.63. The van der Waals surface area contributed by atoms with Crippen LogP contribution in [0.1, 0.15) is 73.0 Å². The summed E-state index contributed by atoms with van der Waals surface area (Å²) < 4.78 is 78.7. The molecule has 1 saturated heterocycles. The Morgan fingerprint density at radius 3 is 2.32 bits per heavy atom. The van der Waals surface area contributed by atoms with Crippen molar-refractivity contribution < 1.29 is 35.6 Å². The van der Waals surface area contributed by atoms with Gasteiger partial charge in [-0.05, 0) is 87.3 Å². The lowest BCUT2D eigenvalue weighted by Gasteiger charge is -2.30. The quantitative estimate of drug-likeness (QED) is 0.488. The third kappa shape index (κ3) is 5.17. The van der Waals surface area contributed by atoms with E-state index in [0.717, 1.165) is 18.9 Å². The van der Waals surface area contributed by atoms with Gasteiger partial charge in [0.15, 0.2) is 9.84 Å². The smallest absolute Gasteiger partial charge is 0.347 e. The van der Waals surface area contributed by atoms with Crippen LogP contribution in [0.3, 0.4) is 0 Å². The molecule has 0 bridgehead atoms. The number of nitrogens with one attached hydrogen (secondary N) is 1. The molecule has 0 spiro atoms. The monoisotopic (exact) mass is 552 g/mol. The Morgan fingerprint density at radius 1 is 1.00 bits per heavy atom. The molecule has 0 unspecified atom stereocenters. The molecule has 204 valence electrons. The fraction of sp³-hybridized carbons (Fsp3) is 0.481. The van der Waals surface area contributed by atoms with Crippen LogP contribution in [-0.4, -0.2) is 42.5 Å². The Kier molecular flexibility index (Phi) is 6.77. The maximum atomic E-state index is 14.3. The highest BCUT2D eigenvalue weighted by atomic mass is 32.2. The second-order valence-electron chi connectivity index (χ2n) is 10.5. The predicted octanol–water partition coefficient (Wildman–Crippen LogP) is 5.04. The zero-order valence-corrected chi connectivity index (χ0v) is 21.5. The number of rotatable bonds is 7. The minimum absolute atomic E-state index is 0.0395. The lowest BCUT2D eigenvalue weighted by Crippen LogP contribution is -2.49. The van der Waals surface area contributed by atoms with Gasteiger partial charge in [0.05, 0.1) is 21.8 Å². The minimum Gasteiger partial charge on any atom is -0.347 e. The molecule has 2 saturated carbocycles. The summed E-state index contributed by atoms with van der Waals surface area (Å²) in [5, 5.41) is 2.44. The predicted molar refractivity (Wildman–Crippen MR) is 130 cm³/mol. The number of hydrogen-bond donors (Lipinski definition) is 1. The summed E-state index contributed by atoms with van der Waals surface area (Å²) in [4.78, 5) is 28.4.